The summed E-state index contributed by atoms with van der Waals surface area (Å²) in [6.45, 7) is 3.93. The maximum absolute atomic E-state index is 12.5. The zero-order valence-electron chi connectivity index (χ0n) is 13.8. The molecule has 1 saturated heterocycles. The fraction of sp³-hybridized carbons (Fsp3) is 0.316. The number of piperidine rings is 1. The molecule has 2 aromatic rings. The maximum atomic E-state index is 12.5. The third-order valence-electron chi connectivity index (χ3n) is 4.34. The van der Waals surface area contributed by atoms with E-state index in [1.165, 1.54) is 6.42 Å². The van der Waals surface area contributed by atoms with Crippen LogP contribution in [0.1, 0.15) is 35.2 Å². The van der Waals surface area contributed by atoms with Crippen molar-refractivity contribution in [3.8, 4) is 0 Å². The molecule has 2 aromatic carbocycles. The summed E-state index contributed by atoms with van der Waals surface area (Å²) in [4.78, 5) is 14.7. The molecule has 0 spiro atoms. The number of nitrogens with zero attached hydrogens (tertiary/aromatic N) is 1. The molecule has 1 fully saturated rings. The van der Waals surface area contributed by atoms with Gasteiger partial charge in [-0.05, 0) is 50.5 Å². The van der Waals surface area contributed by atoms with Crippen LogP contribution >= 0.6 is 11.6 Å². The van der Waals surface area contributed by atoms with Crippen molar-refractivity contribution in [2.75, 3.05) is 29.0 Å². The van der Waals surface area contributed by atoms with Gasteiger partial charge in [-0.2, -0.15) is 0 Å². The number of nitrogens with one attached hydrogen (secondary N) is 1. The lowest BCUT2D eigenvalue weighted by Crippen LogP contribution is -2.30. The fourth-order valence-corrected chi connectivity index (χ4v) is 3.28. The van der Waals surface area contributed by atoms with Crippen LogP contribution in [-0.2, 0) is 0 Å². The van der Waals surface area contributed by atoms with Crippen LogP contribution in [-0.4, -0.2) is 19.0 Å². The van der Waals surface area contributed by atoms with Crippen molar-refractivity contribution in [1.29, 1.82) is 0 Å². The molecule has 0 aromatic heterocycles. The van der Waals surface area contributed by atoms with Crippen LogP contribution < -0.4 is 16.0 Å². The number of hydrogen-bond acceptors (Lipinski definition) is 3. The van der Waals surface area contributed by atoms with Crippen molar-refractivity contribution in [2.45, 2.75) is 26.2 Å². The summed E-state index contributed by atoms with van der Waals surface area (Å²) in [7, 11) is 0. The first-order valence-electron chi connectivity index (χ1n) is 8.26. The highest BCUT2D eigenvalue weighted by Gasteiger charge is 2.17. The smallest absolute Gasteiger partial charge is 0.255 e. The Labute approximate surface area is 147 Å². The van der Waals surface area contributed by atoms with E-state index in [-0.39, 0.29) is 5.91 Å². The van der Waals surface area contributed by atoms with Crippen LogP contribution in [0.5, 0.6) is 0 Å². The third kappa shape index (κ3) is 3.65. The first-order valence-corrected chi connectivity index (χ1v) is 8.64. The van der Waals surface area contributed by atoms with Crippen LogP contribution in [0.2, 0.25) is 5.02 Å². The average Bonchev–Trinajstić information content (AvgIpc) is 2.58. The van der Waals surface area contributed by atoms with E-state index < -0.39 is 0 Å². The Bertz CT molecular complexity index is 754. The zero-order valence-corrected chi connectivity index (χ0v) is 14.6. The van der Waals surface area contributed by atoms with Crippen molar-refractivity contribution in [3.63, 3.8) is 0 Å². The first kappa shape index (κ1) is 16.7. The molecule has 24 heavy (non-hydrogen) atoms. The molecule has 0 unspecified atom stereocenters. The van der Waals surface area contributed by atoms with Gasteiger partial charge < -0.3 is 16.0 Å². The number of rotatable bonds is 3. The van der Waals surface area contributed by atoms with Crippen molar-refractivity contribution < 1.29 is 4.79 Å². The van der Waals surface area contributed by atoms with Crippen LogP contribution in [0.15, 0.2) is 36.4 Å². The van der Waals surface area contributed by atoms with Gasteiger partial charge in [0.2, 0.25) is 0 Å². The Morgan fingerprint density at radius 1 is 1.17 bits per heavy atom. The summed E-state index contributed by atoms with van der Waals surface area (Å²) in [5, 5.41) is 3.36. The Hall–Kier alpha value is -2.20. The van der Waals surface area contributed by atoms with Gasteiger partial charge in [0, 0.05) is 18.7 Å². The van der Waals surface area contributed by atoms with E-state index in [4.69, 9.17) is 17.3 Å². The molecule has 126 valence electrons. The van der Waals surface area contributed by atoms with Crippen LogP contribution in [0.3, 0.4) is 0 Å². The molecule has 1 aliphatic rings. The van der Waals surface area contributed by atoms with Gasteiger partial charge in [0.15, 0.2) is 0 Å². The first-order chi connectivity index (χ1) is 11.5. The van der Waals surface area contributed by atoms with Crippen molar-refractivity contribution in [3.05, 3.63) is 52.5 Å². The molecular weight excluding hydrogens is 322 g/mol. The predicted octanol–water partition coefficient (Wildman–Crippen LogP) is 4.47. The molecule has 0 atom stereocenters. The second-order valence-corrected chi connectivity index (χ2v) is 6.67. The number of carbonyl (C=O) groups excluding carboxylic acids is 1. The average molecular weight is 344 g/mol. The summed E-state index contributed by atoms with van der Waals surface area (Å²) in [5.74, 6) is -0.171. The number of aryl methyl sites for hydroxylation is 1. The number of nitrogens with two attached hydrogens (primary N) is 1. The summed E-state index contributed by atoms with van der Waals surface area (Å²) in [5.41, 5.74) is 9.99. The number of nitrogen functional groups attached to an aromatic ring is 1. The lowest BCUT2D eigenvalue weighted by Gasteiger charge is -2.30. The molecule has 4 nitrogen and oxygen atoms in total. The molecule has 0 bridgehead atoms. The van der Waals surface area contributed by atoms with Crippen molar-refractivity contribution in [1.82, 2.24) is 0 Å². The highest BCUT2D eigenvalue weighted by atomic mass is 35.5. The van der Waals surface area contributed by atoms with Gasteiger partial charge in [0.05, 0.1) is 22.1 Å². The number of anilines is 3. The van der Waals surface area contributed by atoms with Gasteiger partial charge in [0.25, 0.3) is 5.91 Å². The minimum absolute atomic E-state index is 0.171. The number of amides is 1. The molecule has 3 rings (SSSR count). The Kier molecular flexibility index (Phi) is 4.95. The quantitative estimate of drug-likeness (QED) is 0.808. The summed E-state index contributed by atoms with van der Waals surface area (Å²) < 4.78 is 0. The Balaban J connectivity index is 1.86. The molecule has 1 amide bonds. The van der Waals surface area contributed by atoms with Crippen LogP contribution in [0, 0.1) is 6.92 Å². The monoisotopic (exact) mass is 343 g/mol. The predicted molar refractivity (Wildman–Crippen MR) is 101 cm³/mol. The molecule has 1 heterocycles. The lowest BCUT2D eigenvalue weighted by atomic mass is 10.1. The van der Waals surface area contributed by atoms with E-state index in [9.17, 15) is 4.79 Å². The SMILES string of the molecule is Cc1cccc(C(=O)Nc2cc(N3CCCCC3)c(N)cc2Cl)c1. The third-order valence-corrected chi connectivity index (χ3v) is 4.65. The second-order valence-electron chi connectivity index (χ2n) is 6.26. The van der Waals surface area contributed by atoms with Crippen molar-refractivity contribution >= 4 is 34.6 Å². The van der Waals surface area contributed by atoms with Gasteiger partial charge in [-0.1, -0.05) is 29.3 Å². The summed E-state index contributed by atoms with van der Waals surface area (Å²) >= 11 is 6.29. The van der Waals surface area contributed by atoms with Gasteiger partial charge in [-0.25, -0.2) is 0 Å². The van der Waals surface area contributed by atoms with E-state index in [1.807, 2.05) is 31.2 Å². The molecular formula is C19H22ClN3O. The standard InChI is InChI=1S/C19H22ClN3O/c1-13-6-5-7-14(10-13)19(24)22-17-12-18(16(21)11-15(17)20)23-8-3-2-4-9-23/h5-7,10-12H,2-4,8-9,21H2,1H3,(H,22,24). The van der Waals surface area contributed by atoms with E-state index in [2.05, 4.69) is 10.2 Å². The van der Waals surface area contributed by atoms with Crippen LogP contribution in [0.4, 0.5) is 17.1 Å². The normalized spacial score (nSPS) is 14.5. The number of carbonyl (C=O) groups is 1. The minimum Gasteiger partial charge on any atom is -0.397 e. The van der Waals surface area contributed by atoms with E-state index >= 15 is 0 Å². The highest BCUT2D eigenvalue weighted by molar-refractivity contribution is 6.34. The maximum Gasteiger partial charge on any atom is 0.255 e. The number of benzene rings is 2. The second kappa shape index (κ2) is 7.14. The molecule has 0 saturated carbocycles. The molecule has 0 radical (unpaired) electrons. The van der Waals surface area contributed by atoms with E-state index in [0.717, 1.165) is 37.2 Å². The van der Waals surface area contributed by atoms with Crippen LogP contribution in [0.25, 0.3) is 0 Å². The molecule has 3 N–H and O–H groups in total. The van der Waals surface area contributed by atoms with Gasteiger partial charge in [-0.3, -0.25) is 4.79 Å². The van der Waals surface area contributed by atoms with Gasteiger partial charge >= 0.3 is 0 Å². The van der Waals surface area contributed by atoms with Gasteiger partial charge in [-0.15, -0.1) is 0 Å². The van der Waals surface area contributed by atoms with E-state index in [1.54, 1.807) is 12.1 Å². The topological polar surface area (TPSA) is 58.4 Å². The number of halogens is 1. The highest BCUT2D eigenvalue weighted by Crippen LogP contribution is 2.35. The Morgan fingerprint density at radius 2 is 1.92 bits per heavy atom. The minimum atomic E-state index is -0.171. The Morgan fingerprint density at radius 3 is 2.62 bits per heavy atom. The van der Waals surface area contributed by atoms with Crippen molar-refractivity contribution in [2.24, 2.45) is 0 Å². The zero-order chi connectivity index (χ0) is 17.1. The fourth-order valence-electron chi connectivity index (χ4n) is 3.06. The van der Waals surface area contributed by atoms with Gasteiger partial charge in [0.1, 0.15) is 0 Å². The van der Waals surface area contributed by atoms with E-state index in [0.29, 0.717) is 22.0 Å². The lowest BCUT2D eigenvalue weighted by molar-refractivity contribution is 0.102. The molecule has 1 aliphatic heterocycles. The summed E-state index contributed by atoms with van der Waals surface area (Å²) in [6.07, 6.45) is 3.57. The summed E-state index contributed by atoms with van der Waals surface area (Å²) in [6, 6.07) is 11.1. The molecule has 5 heteroatoms. The largest absolute Gasteiger partial charge is 0.397 e. The number of hydrogen-bond donors (Lipinski definition) is 2. The molecule has 0 aliphatic carbocycles.